The molecule has 17 heavy (non-hydrogen) atoms. The molecular weight excluding hydrogens is 240 g/mol. The van der Waals surface area contributed by atoms with Crippen molar-refractivity contribution >= 4 is 10.0 Å². The van der Waals surface area contributed by atoms with Crippen LogP contribution < -0.4 is 5.73 Å². The molecule has 0 rings (SSSR count). The van der Waals surface area contributed by atoms with E-state index in [9.17, 15) is 8.42 Å². The Morgan fingerprint density at radius 1 is 1.29 bits per heavy atom. The summed E-state index contributed by atoms with van der Waals surface area (Å²) in [5.41, 5.74) is 5.44. The zero-order valence-corrected chi connectivity index (χ0v) is 12.0. The van der Waals surface area contributed by atoms with Gasteiger partial charge >= 0.3 is 0 Å². The summed E-state index contributed by atoms with van der Waals surface area (Å²) in [6.45, 7) is 7.36. The molecule has 104 valence electrons. The number of nitrogens with zero attached hydrogens (tertiary/aromatic N) is 1. The van der Waals surface area contributed by atoms with Crippen LogP contribution in [0.4, 0.5) is 0 Å². The van der Waals surface area contributed by atoms with Crippen LogP contribution >= 0.6 is 0 Å². The van der Waals surface area contributed by atoms with Gasteiger partial charge < -0.3 is 10.5 Å². The number of hydrogen-bond acceptors (Lipinski definition) is 4. The molecule has 6 heteroatoms. The first kappa shape index (κ1) is 16.8. The van der Waals surface area contributed by atoms with Crippen molar-refractivity contribution in [2.24, 2.45) is 5.73 Å². The molecule has 5 nitrogen and oxygen atoms in total. The van der Waals surface area contributed by atoms with Crippen molar-refractivity contribution < 1.29 is 13.2 Å². The molecule has 0 aliphatic heterocycles. The summed E-state index contributed by atoms with van der Waals surface area (Å²) in [5.74, 6) is 0.0366. The Kier molecular flexibility index (Phi) is 8.77. The van der Waals surface area contributed by atoms with E-state index in [0.717, 1.165) is 12.8 Å². The highest BCUT2D eigenvalue weighted by molar-refractivity contribution is 7.89. The van der Waals surface area contributed by atoms with Gasteiger partial charge in [0.1, 0.15) is 0 Å². The standard InChI is InChI=1S/C11H26N2O3S/c1-4-5-7-13(8-6-12)17(14,15)10-9-16-11(2)3/h11H,4-10,12H2,1-3H3. The monoisotopic (exact) mass is 266 g/mol. The second kappa shape index (κ2) is 8.85. The van der Waals surface area contributed by atoms with Crippen molar-refractivity contribution in [2.75, 3.05) is 32.0 Å². The number of sulfonamides is 1. The van der Waals surface area contributed by atoms with E-state index in [-0.39, 0.29) is 18.5 Å². The van der Waals surface area contributed by atoms with Gasteiger partial charge in [0.15, 0.2) is 0 Å². The van der Waals surface area contributed by atoms with Crippen LogP contribution in [0.2, 0.25) is 0 Å². The quantitative estimate of drug-likeness (QED) is 0.635. The van der Waals surface area contributed by atoms with E-state index in [0.29, 0.717) is 19.6 Å². The van der Waals surface area contributed by atoms with Gasteiger partial charge in [-0.05, 0) is 20.3 Å². The summed E-state index contributed by atoms with van der Waals surface area (Å²) in [5, 5.41) is 0. The Hall–Kier alpha value is -0.170. The van der Waals surface area contributed by atoms with Gasteiger partial charge in [0.2, 0.25) is 10.0 Å². The lowest BCUT2D eigenvalue weighted by Gasteiger charge is -2.21. The number of rotatable bonds is 10. The first-order valence-electron chi connectivity index (χ1n) is 6.23. The van der Waals surface area contributed by atoms with Crippen LogP contribution in [0.1, 0.15) is 33.6 Å². The molecule has 0 bridgehead atoms. The molecule has 0 unspecified atom stereocenters. The van der Waals surface area contributed by atoms with Gasteiger partial charge in [-0.3, -0.25) is 0 Å². The van der Waals surface area contributed by atoms with Crippen LogP contribution in [0.15, 0.2) is 0 Å². The van der Waals surface area contributed by atoms with Gasteiger partial charge in [0.25, 0.3) is 0 Å². The summed E-state index contributed by atoms with van der Waals surface area (Å²) in [7, 11) is -3.22. The first-order chi connectivity index (χ1) is 7.94. The number of hydrogen-bond donors (Lipinski definition) is 1. The van der Waals surface area contributed by atoms with Crippen molar-refractivity contribution in [3.8, 4) is 0 Å². The van der Waals surface area contributed by atoms with Crippen LogP contribution in [-0.4, -0.2) is 50.8 Å². The normalized spacial score (nSPS) is 12.6. The highest BCUT2D eigenvalue weighted by Gasteiger charge is 2.20. The highest BCUT2D eigenvalue weighted by Crippen LogP contribution is 2.04. The maximum Gasteiger partial charge on any atom is 0.216 e. The third kappa shape index (κ3) is 7.70. The largest absolute Gasteiger partial charge is 0.378 e. The Morgan fingerprint density at radius 2 is 1.94 bits per heavy atom. The molecule has 2 N–H and O–H groups in total. The number of nitrogens with two attached hydrogens (primary N) is 1. The average molecular weight is 266 g/mol. The molecule has 0 radical (unpaired) electrons. The van der Waals surface area contributed by atoms with Crippen LogP contribution in [0.3, 0.4) is 0 Å². The van der Waals surface area contributed by atoms with Crippen molar-refractivity contribution in [3.63, 3.8) is 0 Å². The van der Waals surface area contributed by atoms with Crippen LogP contribution in [0.25, 0.3) is 0 Å². The van der Waals surface area contributed by atoms with E-state index in [2.05, 4.69) is 0 Å². The highest BCUT2D eigenvalue weighted by atomic mass is 32.2. The van der Waals surface area contributed by atoms with Gasteiger partial charge in [-0.25, -0.2) is 12.7 Å². The van der Waals surface area contributed by atoms with Crippen molar-refractivity contribution in [2.45, 2.75) is 39.7 Å². The van der Waals surface area contributed by atoms with E-state index in [1.54, 1.807) is 0 Å². The Labute approximate surface area is 105 Å². The van der Waals surface area contributed by atoms with Crippen molar-refractivity contribution in [3.05, 3.63) is 0 Å². The topological polar surface area (TPSA) is 72.6 Å². The molecule has 0 spiro atoms. The number of unbranched alkanes of at least 4 members (excludes halogenated alkanes) is 1. The molecule has 0 aromatic heterocycles. The Morgan fingerprint density at radius 3 is 2.41 bits per heavy atom. The number of ether oxygens (including phenoxy) is 1. The summed E-state index contributed by atoms with van der Waals surface area (Å²) >= 11 is 0. The lowest BCUT2D eigenvalue weighted by molar-refractivity contribution is 0.0907. The maximum atomic E-state index is 12.0. The van der Waals surface area contributed by atoms with Crippen LogP contribution in [0, 0.1) is 0 Å². The lowest BCUT2D eigenvalue weighted by Crippen LogP contribution is -2.38. The zero-order valence-electron chi connectivity index (χ0n) is 11.2. The Balaban J connectivity index is 4.28. The lowest BCUT2D eigenvalue weighted by atomic mass is 10.3. The van der Waals surface area contributed by atoms with E-state index >= 15 is 0 Å². The van der Waals surface area contributed by atoms with Gasteiger partial charge in [0, 0.05) is 19.6 Å². The smallest absolute Gasteiger partial charge is 0.216 e. The second-order valence-corrected chi connectivity index (χ2v) is 6.37. The summed E-state index contributed by atoms with van der Waals surface area (Å²) < 4.78 is 30.7. The van der Waals surface area contributed by atoms with E-state index in [1.165, 1.54) is 4.31 Å². The minimum atomic E-state index is -3.22. The molecule has 0 fully saturated rings. The maximum absolute atomic E-state index is 12.0. The fourth-order valence-corrected chi connectivity index (χ4v) is 2.74. The average Bonchev–Trinajstić information content (AvgIpc) is 2.23. The third-order valence-electron chi connectivity index (χ3n) is 2.33. The SMILES string of the molecule is CCCCN(CCN)S(=O)(=O)CCOC(C)C. The molecule has 0 aliphatic rings. The predicted molar refractivity (Wildman–Crippen MR) is 70.4 cm³/mol. The fourth-order valence-electron chi connectivity index (χ4n) is 1.39. The van der Waals surface area contributed by atoms with E-state index in [4.69, 9.17) is 10.5 Å². The second-order valence-electron chi connectivity index (χ2n) is 4.28. The molecule has 0 amide bonds. The van der Waals surface area contributed by atoms with Gasteiger partial charge in [-0.15, -0.1) is 0 Å². The molecule has 0 saturated carbocycles. The minimum Gasteiger partial charge on any atom is -0.378 e. The molecular formula is C11H26N2O3S. The van der Waals surface area contributed by atoms with Gasteiger partial charge in [-0.2, -0.15) is 0 Å². The summed E-state index contributed by atoms with van der Waals surface area (Å²) in [6, 6.07) is 0. The van der Waals surface area contributed by atoms with E-state index < -0.39 is 10.0 Å². The molecule has 0 aromatic carbocycles. The van der Waals surface area contributed by atoms with Crippen molar-refractivity contribution in [1.82, 2.24) is 4.31 Å². The Bertz CT molecular complexity index is 278. The fraction of sp³-hybridized carbons (Fsp3) is 1.00. The molecule has 0 heterocycles. The molecule has 0 atom stereocenters. The summed E-state index contributed by atoms with van der Waals surface area (Å²) in [6.07, 6.45) is 1.90. The van der Waals surface area contributed by atoms with Gasteiger partial charge in [0.05, 0.1) is 18.5 Å². The van der Waals surface area contributed by atoms with Gasteiger partial charge in [-0.1, -0.05) is 13.3 Å². The minimum absolute atomic E-state index is 0.0366. The zero-order chi connectivity index (χ0) is 13.3. The third-order valence-corrected chi connectivity index (χ3v) is 4.16. The molecule has 0 aromatic rings. The van der Waals surface area contributed by atoms with Crippen LogP contribution in [-0.2, 0) is 14.8 Å². The molecule has 0 aliphatic carbocycles. The predicted octanol–water partition coefficient (Wildman–Crippen LogP) is 0.802. The van der Waals surface area contributed by atoms with Crippen molar-refractivity contribution in [1.29, 1.82) is 0 Å². The van der Waals surface area contributed by atoms with E-state index in [1.807, 2.05) is 20.8 Å². The summed E-state index contributed by atoms with van der Waals surface area (Å²) in [4.78, 5) is 0. The molecule has 0 saturated heterocycles. The van der Waals surface area contributed by atoms with Crippen LogP contribution in [0.5, 0.6) is 0 Å². The first-order valence-corrected chi connectivity index (χ1v) is 7.84.